The van der Waals surface area contributed by atoms with Gasteiger partial charge in [-0.15, -0.1) is 0 Å². The minimum Gasteiger partial charge on any atom is -0.345 e. The molecule has 1 aromatic heterocycles. The number of rotatable bonds is 8. The van der Waals surface area contributed by atoms with E-state index >= 15 is 0 Å². The minimum atomic E-state index is -0.115. The Morgan fingerprint density at radius 1 is 0.917 bits per heavy atom. The summed E-state index contributed by atoms with van der Waals surface area (Å²) in [5, 5.41) is 4.47. The zero-order chi connectivity index (χ0) is 24.6. The molecule has 1 saturated heterocycles. The summed E-state index contributed by atoms with van der Waals surface area (Å²) in [5.41, 5.74) is 4.45. The number of benzene rings is 3. The van der Waals surface area contributed by atoms with E-state index in [2.05, 4.69) is 75.9 Å². The van der Waals surface area contributed by atoms with Crippen molar-refractivity contribution < 1.29 is 4.79 Å². The van der Waals surface area contributed by atoms with Crippen LogP contribution in [0.15, 0.2) is 103 Å². The smallest absolute Gasteiger partial charge is 0.221 e. The number of fused-ring (bicyclic) bond motifs is 1. The maximum atomic E-state index is 13.0. The normalized spacial score (nSPS) is 15.0. The lowest BCUT2D eigenvalue weighted by Crippen LogP contribution is -2.36. The monoisotopic (exact) mass is 475 g/mol. The Bertz CT molecular complexity index is 1260. The summed E-state index contributed by atoms with van der Waals surface area (Å²) >= 11 is 0. The minimum absolute atomic E-state index is 0.115. The highest BCUT2D eigenvalue weighted by Crippen LogP contribution is 2.24. The fourth-order valence-corrected chi connectivity index (χ4v) is 5.04. The topological polar surface area (TPSA) is 45.2 Å². The van der Waals surface area contributed by atoms with Gasteiger partial charge in [-0.3, -0.25) is 14.7 Å². The maximum absolute atomic E-state index is 13.0. The molecule has 0 spiro atoms. The number of amides is 1. The second-order valence-corrected chi connectivity index (χ2v) is 9.63. The molecule has 2 heterocycles. The predicted molar refractivity (Wildman–Crippen MR) is 147 cm³/mol. The largest absolute Gasteiger partial charge is 0.345 e. The van der Waals surface area contributed by atoms with Gasteiger partial charge in [0, 0.05) is 24.5 Å². The molecule has 5 rings (SSSR count). The van der Waals surface area contributed by atoms with Gasteiger partial charge >= 0.3 is 0 Å². The highest BCUT2D eigenvalue weighted by Gasteiger charge is 2.23. The van der Waals surface area contributed by atoms with Crippen LogP contribution in [0.4, 0.5) is 0 Å². The van der Waals surface area contributed by atoms with E-state index in [1.165, 1.54) is 10.9 Å². The standard InChI is InChI=1S/C32H33N3O/c36-31(34-32(27-10-3-1-4-11-27)28-12-5-2-6-13-28)24-26-17-21-35(22-18-26)20-8-9-25-15-16-30-29(23-25)14-7-19-33-30/h1-16,19,23,26,32H,17-18,20-22,24H2,(H,34,36)/b9-8+. The van der Waals surface area contributed by atoms with Crippen molar-refractivity contribution in [2.45, 2.75) is 25.3 Å². The third-order valence-corrected chi connectivity index (χ3v) is 7.05. The maximum Gasteiger partial charge on any atom is 0.221 e. The molecule has 182 valence electrons. The van der Waals surface area contributed by atoms with Crippen LogP contribution in [0.3, 0.4) is 0 Å². The van der Waals surface area contributed by atoms with Gasteiger partial charge in [-0.05, 0) is 66.7 Å². The summed E-state index contributed by atoms with van der Waals surface area (Å²) in [4.78, 5) is 19.9. The lowest BCUT2D eigenvalue weighted by molar-refractivity contribution is -0.122. The number of piperidine rings is 1. The first kappa shape index (κ1) is 24.0. The number of nitrogens with one attached hydrogen (secondary N) is 1. The van der Waals surface area contributed by atoms with Gasteiger partial charge in [0.2, 0.25) is 5.91 Å². The lowest BCUT2D eigenvalue weighted by Gasteiger charge is -2.31. The Labute approximate surface area is 213 Å². The molecule has 1 N–H and O–H groups in total. The molecule has 0 radical (unpaired) electrons. The zero-order valence-corrected chi connectivity index (χ0v) is 20.6. The second-order valence-electron chi connectivity index (χ2n) is 9.63. The third kappa shape index (κ3) is 6.27. The molecule has 0 aliphatic carbocycles. The van der Waals surface area contributed by atoms with E-state index in [9.17, 15) is 4.79 Å². The molecule has 1 amide bonds. The first-order chi connectivity index (χ1) is 17.7. The van der Waals surface area contributed by atoms with E-state index in [0.29, 0.717) is 12.3 Å². The SMILES string of the molecule is O=C(CC1CCN(C/C=C/c2ccc3ncccc3c2)CC1)NC(c1ccccc1)c1ccccc1. The first-order valence-corrected chi connectivity index (χ1v) is 12.9. The molecule has 4 nitrogen and oxygen atoms in total. The Kier molecular flexibility index (Phi) is 7.84. The van der Waals surface area contributed by atoms with E-state index in [-0.39, 0.29) is 11.9 Å². The fourth-order valence-electron chi connectivity index (χ4n) is 5.04. The number of carbonyl (C=O) groups is 1. The number of hydrogen-bond acceptors (Lipinski definition) is 3. The van der Waals surface area contributed by atoms with Gasteiger partial charge in [0.1, 0.15) is 0 Å². The van der Waals surface area contributed by atoms with E-state index in [1.807, 2.05) is 48.7 Å². The average Bonchev–Trinajstić information content (AvgIpc) is 2.93. The molecule has 4 heteroatoms. The van der Waals surface area contributed by atoms with Crippen LogP contribution < -0.4 is 5.32 Å². The van der Waals surface area contributed by atoms with E-state index < -0.39 is 0 Å². The van der Waals surface area contributed by atoms with E-state index in [0.717, 1.165) is 49.1 Å². The molecule has 1 fully saturated rings. The molecule has 0 saturated carbocycles. The number of likely N-dealkylation sites (tertiary alicyclic amines) is 1. The van der Waals surface area contributed by atoms with Crippen LogP contribution in [0.1, 0.15) is 42.0 Å². The van der Waals surface area contributed by atoms with Crippen LogP contribution in [-0.2, 0) is 4.79 Å². The summed E-state index contributed by atoms with van der Waals surface area (Å²) in [5.74, 6) is 0.572. The van der Waals surface area contributed by atoms with Crippen molar-refractivity contribution in [1.82, 2.24) is 15.2 Å². The summed E-state index contributed by atoms with van der Waals surface area (Å²) in [6, 6.07) is 30.8. The Morgan fingerprint density at radius 3 is 2.31 bits per heavy atom. The zero-order valence-electron chi connectivity index (χ0n) is 20.6. The van der Waals surface area contributed by atoms with Crippen LogP contribution in [-0.4, -0.2) is 35.4 Å². The quantitative estimate of drug-likeness (QED) is 0.327. The summed E-state index contributed by atoms with van der Waals surface area (Å²) in [6.45, 7) is 3.00. The molecule has 0 bridgehead atoms. The molecular formula is C32H33N3O. The first-order valence-electron chi connectivity index (χ1n) is 12.9. The Hall–Kier alpha value is -3.76. The molecule has 4 aromatic rings. The number of carbonyl (C=O) groups excluding carboxylic acids is 1. The average molecular weight is 476 g/mol. The van der Waals surface area contributed by atoms with Crippen LogP contribution >= 0.6 is 0 Å². The summed E-state index contributed by atoms with van der Waals surface area (Å²) < 4.78 is 0. The van der Waals surface area contributed by atoms with Crippen molar-refractivity contribution in [3.8, 4) is 0 Å². The molecule has 0 unspecified atom stereocenters. The van der Waals surface area contributed by atoms with Crippen molar-refractivity contribution in [3.63, 3.8) is 0 Å². The third-order valence-electron chi connectivity index (χ3n) is 7.05. The van der Waals surface area contributed by atoms with Crippen LogP contribution in [0, 0.1) is 5.92 Å². The highest BCUT2D eigenvalue weighted by atomic mass is 16.1. The number of nitrogens with zero attached hydrogens (tertiary/aromatic N) is 2. The van der Waals surface area contributed by atoms with Gasteiger partial charge in [-0.1, -0.05) is 84.9 Å². The van der Waals surface area contributed by atoms with E-state index in [1.54, 1.807) is 0 Å². The highest BCUT2D eigenvalue weighted by molar-refractivity contribution is 5.81. The van der Waals surface area contributed by atoms with Crippen molar-refractivity contribution in [2.75, 3.05) is 19.6 Å². The summed E-state index contributed by atoms with van der Waals surface area (Å²) in [6.07, 6.45) is 8.98. The van der Waals surface area contributed by atoms with Gasteiger partial charge in [-0.2, -0.15) is 0 Å². The molecule has 0 atom stereocenters. The van der Waals surface area contributed by atoms with Crippen molar-refractivity contribution in [3.05, 3.63) is 120 Å². The molecule has 1 aliphatic heterocycles. The van der Waals surface area contributed by atoms with Gasteiger partial charge in [0.05, 0.1) is 11.6 Å². The van der Waals surface area contributed by atoms with Crippen LogP contribution in [0.5, 0.6) is 0 Å². The Balaban J connectivity index is 1.11. The molecule has 1 aliphatic rings. The van der Waals surface area contributed by atoms with Crippen molar-refractivity contribution in [1.29, 1.82) is 0 Å². The predicted octanol–water partition coefficient (Wildman–Crippen LogP) is 6.26. The van der Waals surface area contributed by atoms with Gasteiger partial charge in [-0.25, -0.2) is 0 Å². The molecule has 36 heavy (non-hydrogen) atoms. The van der Waals surface area contributed by atoms with Gasteiger partial charge < -0.3 is 5.32 Å². The van der Waals surface area contributed by atoms with Crippen LogP contribution in [0.2, 0.25) is 0 Å². The van der Waals surface area contributed by atoms with Gasteiger partial charge in [0.25, 0.3) is 0 Å². The number of aromatic nitrogens is 1. The number of pyridine rings is 1. The summed E-state index contributed by atoms with van der Waals surface area (Å²) in [7, 11) is 0. The molecular weight excluding hydrogens is 442 g/mol. The molecule has 3 aromatic carbocycles. The van der Waals surface area contributed by atoms with Crippen molar-refractivity contribution in [2.24, 2.45) is 5.92 Å². The second kappa shape index (κ2) is 11.8. The van der Waals surface area contributed by atoms with Crippen LogP contribution in [0.25, 0.3) is 17.0 Å². The van der Waals surface area contributed by atoms with E-state index in [4.69, 9.17) is 0 Å². The number of hydrogen-bond donors (Lipinski definition) is 1. The fraction of sp³-hybridized carbons (Fsp3) is 0.250. The Morgan fingerprint density at radius 2 is 1.61 bits per heavy atom. The lowest BCUT2D eigenvalue weighted by atomic mass is 9.92. The van der Waals surface area contributed by atoms with Crippen molar-refractivity contribution >= 4 is 22.9 Å². The van der Waals surface area contributed by atoms with Gasteiger partial charge in [0.15, 0.2) is 0 Å².